The van der Waals surface area contributed by atoms with E-state index in [1.165, 1.54) is 18.2 Å². The number of nitrogens with zero attached hydrogens (tertiary/aromatic N) is 2. The normalized spacial score (nSPS) is 18.4. The van der Waals surface area contributed by atoms with Crippen molar-refractivity contribution in [3.63, 3.8) is 0 Å². The number of carboxylic acid groups (broad SMARTS) is 1. The third kappa shape index (κ3) is 4.95. The minimum absolute atomic E-state index is 0.0363. The maximum atomic E-state index is 13.6. The summed E-state index contributed by atoms with van der Waals surface area (Å²) in [5.41, 5.74) is 5.22. The van der Waals surface area contributed by atoms with Crippen molar-refractivity contribution in [2.75, 3.05) is 6.54 Å². The van der Waals surface area contributed by atoms with E-state index in [0.29, 0.717) is 10.5 Å². The van der Waals surface area contributed by atoms with Gasteiger partial charge in [0.15, 0.2) is 0 Å². The van der Waals surface area contributed by atoms with E-state index in [2.05, 4.69) is 10.3 Å². The third-order valence-corrected chi connectivity index (χ3v) is 5.01. The fraction of sp³-hybridized carbons (Fsp3) is 0.300. The summed E-state index contributed by atoms with van der Waals surface area (Å²) in [5.74, 6) is -1.60. The molecule has 8 nitrogen and oxygen atoms in total. The zero-order chi connectivity index (χ0) is 23.6. The van der Waals surface area contributed by atoms with Gasteiger partial charge in [0.2, 0.25) is 5.91 Å². The van der Waals surface area contributed by atoms with Gasteiger partial charge in [0.05, 0.1) is 23.4 Å². The molecule has 2 unspecified atom stereocenters. The lowest BCUT2D eigenvalue weighted by atomic mass is 10.0. The number of nitrogens with one attached hydrogen (secondary N) is 1. The topological polar surface area (TPSA) is 126 Å². The Hall–Kier alpha value is -3.70. The van der Waals surface area contributed by atoms with Crippen LogP contribution in [0, 0.1) is 0 Å². The standard InChI is InChI=1S/C20H18F4N4O4/c21-13-6-16(28(9-13)19(31)32)18(30)27-7-11-5-15(26-8-14(11)17(25)29)10-1-3-12(4-2-10)20(22,23)24/h1-5,8,13,16H,6-7,9H2,(H2,25,29)(H,27,30)(H,31,32). The Labute approximate surface area is 179 Å². The summed E-state index contributed by atoms with van der Waals surface area (Å²) >= 11 is 0. The predicted molar refractivity (Wildman–Crippen MR) is 103 cm³/mol. The van der Waals surface area contributed by atoms with Crippen molar-refractivity contribution < 1.29 is 37.1 Å². The molecule has 1 aliphatic heterocycles. The molecule has 2 atom stereocenters. The molecule has 0 bridgehead atoms. The Kier molecular flexibility index (Phi) is 6.32. The number of likely N-dealkylation sites (tertiary alicyclic amines) is 1. The summed E-state index contributed by atoms with van der Waals surface area (Å²) in [7, 11) is 0. The molecule has 3 rings (SSSR count). The van der Waals surface area contributed by atoms with E-state index in [4.69, 9.17) is 10.8 Å². The molecule has 1 aromatic carbocycles. The molecule has 3 amide bonds. The largest absolute Gasteiger partial charge is 0.465 e. The van der Waals surface area contributed by atoms with E-state index >= 15 is 0 Å². The molecule has 0 spiro atoms. The van der Waals surface area contributed by atoms with Crippen LogP contribution in [0.5, 0.6) is 0 Å². The molecule has 170 valence electrons. The minimum Gasteiger partial charge on any atom is -0.465 e. The molecule has 1 saturated heterocycles. The molecule has 4 N–H and O–H groups in total. The number of halogens is 4. The first-order chi connectivity index (χ1) is 15.0. The number of benzene rings is 1. The van der Waals surface area contributed by atoms with Crippen molar-refractivity contribution in [2.24, 2.45) is 5.73 Å². The van der Waals surface area contributed by atoms with Gasteiger partial charge in [0.25, 0.3) is 5.91 Å². The molecular weight excluding hydrogens is 436 g/mol. The SMILES string of the molecule is NC(=O)c1cnc(-c2ccc(C(F)(F)F)cc2)cc1CNC(=O)C1CC(F)CN1C(=O)O. The number of primary amides is 1. The highest BCUT2D eigenvalue weighted by atomic mass is 19.4. The van der Waals surface area contributed by atoms with Gasteiger partial charge in [-0.1, -0.05) is 12.1 Å². The maximum absolute atomic E-state index is 13.6. The van der Waals surface area contributed by atoms with Gasteiger partial charge in [0, 0.05) is 24.7 Å². The Morgan fingerprint density at radius 2 is 1.88 bits per heavy atom. The maximum Gasteiger partial charge on any atom is 0.416 e. The van der Waals surface area contributed by atoms with Gasteiger partial charge >= 0.3 is 12.3 Å². The van der Waals surface area contributed by atoms with Gasteiger partial charge in [-0.25, -0.2) is 9.18 Å². The summed E-state index contributed by atoms with van der Waals surface area (Å²) in [4.78, 5) is 40.1. The quantitative estimate of drug-likeness (QED) is 0.599. The van der Waals surface area contributed by atoms with Crippen molar-refractivity contribution in [3.8, 4) is 11.3 Å². The summed E-state index contributed by atoms with van der Waals surface area (Å²) in [5, 5.41) is 11.6. The molecule has 32 heavy (non-hydrogen) atoms. The number of amides is 3. The highest BCUT2D eigenvalue weighted by Crippen LogP contribution is 2.31. The van der Waals surface area contributed by atoms with E-state index in [-0.39, 0.29) is 29.8 Å². The molecule has 2 aromatic rings. The zero-order valence-corrected chi connectivity index (χ0v) is 16.4. The van der Waals surface area contributed by atoms with E-state index in [0.717, 1.165) is 18.3 Å². The molecule has 1 fully saturated rings. The molecule has 0 saturated carbocycles. The Morgan fingerprint density at radius 3 is 2.44 bits per heavy atom. The van der Waals surface area contributed by atoms with Crippen molar-refractivity contribution in [3.05, 3.63) is 53.2 Å². The number of hydrogen-bond acceptors (Lipinski definition) is 4. The van der Waals surface area contributed by atoms with Crippen molar-refractivity contribution in [1.82, 2.24) is 15.2 Å². The first kappa shape index (κ1) is 23.0. The van der Waals surface area contributed by atoms with Gasteiger partial charge in [-0.2, -0.15) is 13.2 Å². The molecule has 2 heterocycles. The summed E-state index contributed by atoms with van der Waals surface area (Å²) in [6.07, 6.45) is -6.58. The van der Waals surface area contributed by atoms with Crippen LogP contribution in [0.3, 0.4) is 0 Å². The lowest BCUT2D eigenvalue weighted by molar-refractivity contribution is -0.137. The predicted octanol–water partition coefficient (Wildman–Crippen LogP) is 2.57. The fourth-order valence-corrected chi connectivity index (χ4v) is 3.40. The summed E-state index contributed by atoms with van der Waals surface area (Å²) in [6.45, 7) is -0.679. The monoisotopic (exact) mass is 454 g/mol. The number of hydrogen-bond donors (Lipinski definition) is 3. The molecular formula is C20H18F4N4O4. The van der Waals surface area contributed by atoms with E-state index in [1.807, 2.05) is 0 Å². The van der Waals surface area contributed by atoms with Crippen LogP contribution in [0.1, 0.15) is 27.9 Å². The number of pyridine rings is 1. The number of carbonyl (C=O) groups is 3. The fourth-order valence-electron chi connectivity index (χ4n) is 3.40. The average Bonchev–Trinajstić information content (AvgIpc) is 3.13. The van der Waals surface area contributed by atoms with Gasteiger partial charge < -0.3 is 16.2 Å². The van der Waals surface area contributed by atoms with Gasteiger partial charge in [0.1, 0.15) is 12.2 Å². The van der Waals surface area contributed by atoms with E-state index in [1.54, 1.807) is 0 Å². The van der Waals surface area contributed by atoms with Crippen LogP contribution in [-0.2, 0) is 17.5 Å². The van der Waals surface area contributed by atoms with Crippen molar-refractivity contribution >= 4 is 17.9 Å². The minimum atomic E-state index is -4.50. The number of alkyl halides is 4. The van der Waals surface area contributed by atoms with Gasteiger partial charge in [-0.05, 0) is 23.8 Å². The lowest BCUT2D eigenvalue weighted by Gasteiger charge is -2.20. The highest BCUT2D eigenvalue weighted by Gasteiger charge is 2.39. The van der Waals surface area contributed by atoms with Crippen LogP contribution in [0.4, 0.5) is 22.4 Å². The average molecular weight is 454 g/mol. The third-order valence-electron chi connectivity index (χ3n) is 5.01. The Balaban J connectivity index is 1.82. The van der Waals surface area contributed by atoms with Gasteiger partial charge in [-0.15, -0.1) is 0 Å². The zero-order valence-electron chi connectivity index (χ0n) is 16.4. The van der Waals surface area contributed by atoms with Crippen molar-refractivity contribution in [1.29, 1.82) is 0 Å². The highest BCUT2D eigenvalue weighted by molar-refractivity contribution is 5.94. The lowest BCUT2D eigenvalue weighted by Crippen LogP contribution is -2.45. The van der Waals surface area contributed by atoms with Crippen LogP contribution >= 0.6 is 0 Å². The van der Waals surface area contributed by atoms with E-state index in [9.17, 15) is 31.9 Å². The van der Waals surface area contributed by atoms with E-state index < -0.39 is 48.4 Å². The molecule has 1 aromatic heterocycles. The van der Waals surface area contributed by atoms with Crippen LogP contribution in [0.15, 0.2) is 36.5 Å². The molecule has 1 aliphatic rings. The second kappa shape index (κ2) is 8.81. The first-order valence-corrected chi connectivity index (χ1v) is 9.35. The number of nitrogens with two attached hydrogens (primary N) is 1. The molecule has 12 heteroatoms. The van der Waals surface area contributed by atoms with Gasteiger partial charge in [-0.3, -0.25) is 19.5 Å². The Bertz CT molecular complexity index is 1040. The van der Waals surface area contributed by atoms with Crippen LogP contribution in [-0.4, -0.2) is 51.7 Å². The first-order valence-electron chi connectivity index (χ1n) is 9.35. The summed E-state index contributed by atoms with van der Waals surface area (Å²) < 4.78 is 51.9. The number of rotatable bonds is 5. The molecule has 0 aliphatic carbocycles. The van der Waals surface area contributed by atoms with Crippen LogP contribution in [0.2, 0.25) is 0 Å². The van der Waals surface area contributed by atoms with Crippen LogP contribution < -0.4 is 11.1 Å². The Morgan fingerprint density at radius 1 is 1.22 bits per heavy atom. The van der Waals surface area contributed by atoms with Crippen molar-refractivity contribution in [2.45, 2.75) is 31.4 Å². The number of aromatic nitrogens is 1. The van der Waals surface area contributed by atoms with Crippen LogP contribution in [0.25, 0.3) is 11.3 Å². The summed E-state index contributed by atoms with van der Waals surface area (Å²) in [6, 6.07) is 4.34. The second-order valence-corrected chi connectivity index (χ2v) is 7.17. The smallest absolute Gasteiger partial charge is 0.416 e. The number of carbonyl (C=O) groups excluding carboxylic acids is 2. The molecule has 0 radical (unpaired) electrons. The second-order valence-electron chi connectivity index (χ2n) is 7.17.